The first-order chi connectivity index (χ1) is 6.18. The van der Waals surface area contributed by atoms with Gasteiger partial charge in [0.15, 0.2) is 0 Å². The van der Waals surface area contributed by atoms with Gasteiger partial charge in [-0.2, -0.15) is 0 Å². The molecule has 0 unspecified atom stereocenters. The first-order valence-electron chi connectivity index (χ1n) is 3.96. The first kappa shape index (κ1) is 7.86. The maximum absolute atomic E-state index is 10.9. The number of rotatable bonds is 1. The SMILES string of the molecule is Cc1ccc2c(C(N)=O)coc2c1. The van der Waals surface area contributed by atoms with Gasteiger partial charge in [-0.25, -0.2) is 0 Å². The molecular formula is C10H9NO2. The normalized spacial score (nSPS) is 10.5. The molecule has 0 saturated carbocycles. The van der Waals surface area contributed by atoms with Crippen molar-refractivity contribution in [3.63, 3.8) is 0 Å². The second kappa shape index (κ2) is 2.62. The molecule has 3 heteroatoms. The summed E-state index contributed by atoms with van der Waals surface area (Å²) in [5.41, 5.74) is 7.40. The summed E-state index contributed by atoms with van der Waals surface area (Å²) >= 11 is 0. The van der Waals surface area contributed by atoms with Gasteiger partial charge < -0.3 is 10.2 Å². The van der Waals surface area contributed by atoms with E-state index in [-0.39, 0.29) is 0 Å². The van der Waals surface area contributed by atoms with Crippen LogP contribution in [0.2, 0.25) is 0 Å². The molecule has 1 amide bonds. The summed E-state index contributed by atoms with van der Waals surface area (Å²) in [7, 11) is 0. The van der Waals surface area contributed by atoms with Crippen LogP contribution in [0.4, 0.5) is 0 Å². The van der Waals surface area contributed by atoms with Crippen molar-refractivity contribution in [2.75, 3.05) is 0 Å². The minimum atomic E-state index is -0.456. The molecular weight excluding hydrogens is 166 g/mol. The number of carbonyl (C=O) groups is 1. The Kier molecular flexibility index (Phi) is 1.59. The zero-order valence-electron chi connectivity index (χ0n) is 7.20. The fraction of sp³-hybridized carbons (Fsp3) is 0.100. The molecule has 2 aromatic rings. The molecule has 1 heterocycles. The maximum atomic E-state index is 10.9. The van der Waals surface area contributed by atoms with E-state index >= 15 is 0 Å². The van der Waals surface area contributed by atoms with E-state index in [0.717, 1.165) is 10.9 Å². The zero-order chi connectivity index (χ0) is 9.42. The quantitative estimate of drug-likeness (QED) is 0.718. The van der Waals surface area contributed by atoms with Crippen molar-refractivity contribution in [3.8, 4) is 0 Å². The van der Waals surface area contributed by atoms with Crippen molar-refractivity contribution in [1.82, 2.24) is 0 Å². The van der Waals surface area contributed by atoms with Crippen molar-refractivity contribution in [1.29, 1.82) is 0 Å². The Bertz CT molecular complexity index is 471. The minimum absolute atomic E-state index is 0.440. The third-order valence-corrected chi connectivity index (χ3v) is 2.00. The van der Waals surface area contributed by atoms with Gasteiger partial charge in [0.2, 0.25) is 0 Å². The molecule has 1 aromatic heterocycles. The van der Waals surface area contributed by atoms with Crippen molar-refractivity contribution < 1.29 is 9.21 Å². The standard InChI is InChI=1S/C10H9NO2/c1-6-2-3-7-8(10(11)12)5-13-9(7)4-6/h2-5H,1H3,(H2,11,12). The van der Waals surface area contributed by atoms with Crippen LogP contribution in [0.3, 0.4) is 0 Å². The summed E-state index contributed by atoms with van der Waals surface area (Å²) < 4.78 is 5.19. The van der Waals surface area contributed by atoms with Gasteiger partial charge in [-0.3, -0.25) is 4.79 Å². The fourth-order valence-electron chi connectivity index (χ4n) is 1.33. The molecule has 2 N–H and O–H groups in total. The van der Waals surface area contributed by atoms with E-state index < -0.39 is 5.91 Å². The van der Waals surface area contributed by atoms with E-state index in [1.165, 1.54) is 6.26 Å². The lowest BCUT2D eigenvalue weighted by Crippen LogP contribution is -2.09. The highest BCUT2D eigenvalue weighted by Gasteiger charge is 2.09. The monoisotopic (exact) mass is 175 g/mol. The molecule has 0 fully saturated rings. The number of fused-ring (bicyclic) bond motifs is 1. The van der Waals surface area contributed by atoms with E-state index in [9.17, 15) is 4.79 Å². The summed E-state index contributed by atoms with van der Waals surface area (Å²) in [6.45, 7) is 1.96. The van der Waals surface area contributed by atoms with E-state index in [4.69, 9.17) is 10.2 Å². The summed E-state index contributed by atoms with van der Waals surface area (Å²) in [5.74, 6) is -0.456. The van der Waals surface area contributed by atoms with Crippen LogP contribution in [0.5, 0.6) is 0 Å². The second-order valence-electron chi connectivity index (χ2n) is 3.01. The van der Waals surface area contributed by atoms with Gasteiger partial charge in [-0.05, 0) is 18.6 Å². The summed E-state index contributed by atoms with van der Waals surface area (Å²) in [6, 6.07) is 5.64. The predicted octanol–water partition coefficient (Wildman–Crippen LogP) is 1.84. The lowest BCUT2D eigenvalue weighted by molar-refractivity contribution is 0.100. The first-order valence-corrected chi connectivity index (χ1v) is 3.96. The lowest BCUT2D eigenvalue weighted by atomic mass is 10.1. The smallest absolute Gasteiger partial charge is 0.252 e. The van der Waals surface area contributed by atoms with Gasteiger partial charge in [0.05, 0.1) is 5.56 Å². The number of furan rings is 1. The summed E-state index contributed by atoms with van der Waals surface area (Å²) in [5, 5.41) is 0.776. The van der Waals surface area contributed by atoms with Crippen molar-refractivity contribution in [2.45, 2.75) is 6.92 Å². The van der Waals surface area contributed by atoms with E-state index in [0.29, 0.717) is 11.1 Å². The molecule has 3 nitrogen and oxygen atoms in total. The highest BCUT2D eigenvalue weighted by molar-refractivity contribution is 6.05. The van der Waals surface area contributed by atoms with Gasteiger partial charge in [0, 0.05) is 5.39 Å². The minimum Gasteiger partial charge on any atom is -0.463 e. The van der Waals surface area contributed by atoms with Crippen LogP contribution in [-0.4, -0.2) is 5.91 Å². The Balaban J connectivity index is 2.76. The number of primary amides is 1. The maximum Gasteiger partial charge on any atom is 0.252 e. The van der Waals surface area contributed by atoms with E-state index in [1.54, 1.807) is 0 Å². The molecule has 0 aliphatic carbocycles. The summed E-state index contributed by atoms with van der Waals surface area (Å²) in [4.78, 5) is 10.9. The highest BCUT2D eigenvalue weighted by atomic mass is 16.3. The van der Waals surface area contributed by atoms with Gasteiger partial charge in [-0.1, -0.05) is 12.1 Å². The molecule has 0 radical (unpaired) electrons. The second-order valence-corrected chi connectivity index (χ2v) is 3.01. The third kappa shape index (κ3) is 1.18. The molecule has 1 aromatic carbocycles. The molecule has 0 bridgehead atoms. The van der Waals surface area contributed by atoms with Crippen LogP contribution < -0.4 is 5.73 Å². The molecule has 2 rings (SSSR count). The van der Waals surface area contributed by atoms with E-state index in [2.05, 4.69) is 0 Å². The van der Waals surface area contributed by atoms with Crippen molar-refractivity contribution in [2.24, 2.45) is 5.73 Å². The number of hydrogen-bond donors (Lipinski definition) is 1. The predicted molar refractivity (Wildman–Crippen MR) is 49.5 cm³/mol. The third-order valence-electron chi connectivity index (χ3n) is 2.00. The largest absolute Gasteiger partial charge is 0.463 e. The average Bonchev–Trinajstić information content (AvgIpc) is 2.46. The van der Waals surface area contributed by atoms with Crippen molar-refractivity contribution >= 4 is 16.9 Å². The summed E-state index contributed by atoms with van der Waals surface area (Å²) in [6.07, 6.45) is 1.40. The Hall–Kier alpha value is -1.77. The van der Waals surface area contributed by atoms with Crippen LogP contribution in [0.1, 0.15) is 15.9 Å². The lowest BCUT2D eigenvalue weighted by Gasteiger charge is -1.92. The molecule has 0 aliphatic heterocycles. The number of aryl methyl sites for hydroxylation is 1. The number of nitrogens with two attached hydrogens (primary N) is 1. The van der Waals surface area contributed by atoms with Gasteiger partial charge >= 0.3 is 0 Å². The molecule has 0 atom stereocenters. The van der Waals surface area contributed by atoms with Crippen LogP contribution in [0, 0.1) is 6.92 Å². The van der Waals surface area contributed by atoms with E-state index in [1.807, 2.05) is 25.1 Å². The zero-order valence-corrected chi connectivity index (χ0v) is 7.20. The molecule has 13 heavy (non-hydrogen) atoms. The molecule has 0 aliphatic rings. The van der Waals surface area contributed by atoms with Gasteiger partial charge in [0.1, 0.15) is 11.8 Å². The topological polar surface area (TPSA) is 56.2 Å². The fourth-order valence-corrected chi connectivity index (χ4v) is 1.33. The average molecular weight is 175 g/mol. The number of benzene rings is 1. The number of carbonyl (C=O) groups excluding carboxylic acids is 1. The Morgan fingerprint density at radius 3 is 2.92 bits per heavy atom. The molecule has 0 spiro atoms. The van der Waals surface area contributed by atoms with Crippen LogP contribution in [0.15, 0.2) is 28.9 Å². The number of hydrogen-bond acceptors (Lipinski definition) is 2. The molecule has 66 valence electrons. The van der Waals surface area contributed by atoms with Gasteiger partial charge in [-0.15, -0.1) is 0 Å². The Morgan fingerprint density at radius 2 is 2.23 bits per heavy atom. The number of amides is 1. The van der Waals surface area contributed by atoms with Gasteiger partial charge in [0.25, 0.3) is 5.91 Å². The highest BCUT2D eigenvalue weighted by Crippen LogP contribution is 2.21. The van der Waals surface area contributed by atoms with Crippen LogP contribution in [0.25, 0.3) is 11.0 Å². The Labute approximate surface area is 75.1 Å². The molecule has 0 saturated heterocycles. The van der Waals surface area contributed by atoms with Crippen LogP contribution >= 0.6 is 0 Å². The van der Waals surface area contributed by atoms with Crippen LogP contribution in [-0.2, 0) is 0 Å². The van der Waals surface area contributed by atoms with Crippen molar-refractivity contribution in [3.05, 3.63) is 35.6 Å². The Morgan fingerprint density at radius 1 is 1.46 bits per heavy atom.